The molecular weight excluding hydrogens is 250 g/mol. The summed E-state index contributed by atoms with van der Waals surface area (Å²) in [5.74, 6) is 1.72. The van der Waals surface area contributed by atoms with Crippen molar-refractivity contribution < 1.29 is 4.79 Å². The van der Waals surface area contributed by atoms with Crippen LogP contribution in [0.2, 0.25) is 0 Å². The molecule has 1 aliphatic carbocycles. The Morgan fingerprint density at radius 2 is 2.20 bits per heavy atom. The van der Waals surface area contributed by atoms with Crippen LogP contribution in [0.25, 0.3) is 0 Å². The first-order valence-electron chi connectivity index (χ1n) is 7.06. The van der Waals surface area contributed by atoms with Gasteiger partial charge in [-0.1, -0.05) is 30.3 Å². The number of nitrogens with zero attached hydrogens (tertiary/aromatic N) is 2. The average Bonchev–Trinajstić information content (AvgIpc) is 3.18. The zero-order valence-corrected chi connectivity index (χ0v) is 11.6. The fraction of sp³-hybridized carbons (Fsp3) is 0.375. The minimum atomic E-state index is 0.154. The summed E-state index contributed by atoms with van der Waals surface area (Å²) in [6, 6.07) is 10.3. The molecule has 0 saturated heterocycles. The summed E-state index contributed by atoms with van der Waals surface area (Å²) in [7, 11) is 0. The third-order valence-electron chi connectivity index (χ3n) is 3.93. The highest BCUT2D eigenvalue weighted by Gasteiger charge is 2.43. The maximum absolute atomic E-state index is 12.1. The highest BCUT2D eigenvalue weighted by molar-refractivity contribution is 5.82. The van der Waals surface area contributed by atoms with Crippen LogP contribution < -0.4 is 5.32 Å². The van der Waals surface area contributed by atoms with E-state index in [4.69, 9.17) is 0 Å². The molecule has 1 heterocycles. The number of hydrogen-bond donors (Lipinski definition) is 1. The number of carbonyl (C=O) groups is 1. The average molecular weight is 269 g/mol. The van der Waals surface area contributed by atoms with E-state index in [2.05, 4.69) is 22.4 Å². The van der Waals surface area contributed by atoms with Crippen molar-refractivity contribution in [2.45, 2.75) is 25.8 Å². The van der Waals surface area contributed by atoms with Crippen LogP contribution in [0.4, 0.5) is 0 Å². The molecule has 20 heavy (non-hydrogen) atoms. The molecule has 1 amide bonds. The van der Waals surface area contributed by atoms with E-state index >= 15 is 0 Å². The van der Waals surface area contributed by atoms with E-state index < -0.39 is 0 Å². The van der Waals surface area contributed by atoms with E-state index in [-0.39, 0.29) is 11.8 Å². The van der Waals surface area contributed by atoms with Gasteiger partial charge in [-0.25, -0.2) is 4.98 Å². The molecule has 1 aromatic carbocycles. The number of hydrogen-bond acceptors (Lipinski definition) is 2. The molecule has 104 valence electrons. The number of rotatable bonds is 5. The van der Waals surface area contributed by atoms with Gasteiger partial charge in [0.15, 0.2) is 0 Å². The lowest BCUT2D eigenvalue weighted by Gasteiger charge is -2.07. The van der Waals surface area contributed by atoms with Crippen LogP contribution in [0.1, 0.15) is 23.7 Å². The largest absolute Gasteiger partial charge is 0.354 e. The second-order valence-corrected chi connectivity index (χ2v) is 5.32. The van der Waals surface area contributed by atoms with Gasteiger partial charge in [-0.15, -0.1) is 0 Å². The van der Waals surface area contributed by atoms with Gasteiger partial charge < -0.3 is 9.88 Å². The molecule has 3 rings (SSSR count). The number of aryl methyl sites for hydroxylation is 1. The first-order chi connectivity index (χ1) is 9.75. The highest BCUT2D eigenvalue weighted by Crippen LogP contribution is 2.47. The Labute approximate surface area is 118 Å². The maximum atomic E-state index is 12.1. The van der Waals surface area contributed by atoms with Crippen LogP contribution in [-0.4, -0.2) is 22.0 Å². The predicted octanol–water partition coefficient (Wildman–Crippen LogP) is 2.11. The second kappa shape index (κ2) is 5.49. The van der Waals surface area contributed by atoms with Crippen LogP contribution in [0.15, 0.2) is 42.7 Å². The van der Waals surface area contributed by atoms with Crippen molar-refractivity contribution in [1.82, 2.24) is 14.9 Å². The van der Waals surface area contributed by atoms with Gasteiger partial charge in [0.05, 0.1) is 0 Å². The van der Waals surface area contributed by atoms with E-state index in [1.54, 1.807) is 6.20 Å². The quantitative estimate of drug-likeness (QED) is 0.903. The molecule has 4 nitrogen and oxygen atoms in total. The second-order valence-electron chi connectivity index (χ2n) is 5.32. The summed E-state index contributed by atoms with van der Waals surface area (Å²) >= 11 is 0. The molecule has 0 unspecified atom stereocenters. The van der Waals surface area contributed by atoms with Gasteiger partial charge >= 0.3 is 0 Å². The highest BCUT2D eigenvalue weighted by atomic mass is 16.2. The fourth-order valence-corrected chi connectivity index (χ4v) is 2.62. The van der Waals surface area contributed by atoms with E-state index in [9.17, 15) is 4.79 Å². The molecule has 2 aromatic rings. The maximum Gasteiger partial charge on any atom is 0.223 e. The smallest absolute Gasteiger partial charge is 0.223 e. The van der Waals surface area contributed by atoms with Crippen molar-refractivity contribution in [3.63, 3.8) is 0 Å². The fourth-order valence-electron chi connectivity index (χ4n) is 2.62. The molecule has 4 heteroatoms. The van der Waals surface area contributed by atoms with E-state index in [1.165, 1.54) is 5.56 Å². The van der Waals surface area contributed by atoms with Gasteiger partial charge in [0, 0.05) is 31.4 Å². The molecule has 0 radical (unpaired) electrons. The molecule has 2 atom stereocenters. The Morgan fingerprint density at radius 1 is 1.40 bits per heavy atom. The monoisotopic (exact) mass is 269 g/mol. The lowest BCUT2D eigenvalue weighted by Crippen LogP contribution is -2.29. The van der Waals surface area contributed by atoms with Crippen molar-refractivity contribution in [2.75, 3.05) is 6.54 Å². The van der Waals surface area contributed by atoms with Gasteiger partial charge in [-0.05, 0) is 24.8 Å². The van der Waals surface area contributed by atoms with E-state index in [0.717, 1.165) is 18.8 Å². The predicted molar refractivity (Wildman–Crippen MR) is 77.3 cm³/mol. The standard InChI is InChI=1S/C16H19N3O/c1-12-17-7-9-19(12)10-8-18-16(20)15-11-14(15)13-5-3-2-4-6-13/h2-7,9,14-15H,8,10-11H2,1H3,(H,18,20)/t14-,15+/m1/s1. The third kappa shape index (κ3) is 2.74. The Kier molecular flexibility index (Phi) is 3.54. The zero-order valence-electron chi connectivity index (χ0n) is 11.6. The van der Waals surface area contributed by atoms with Gasteiger partial charge in [-0.3, -0.25) is 4.79 Å². The van der Waals surface area contributed by atoms with Crippen molar-refractivity contribution in [3.8, 4) is 0 Å². The summed E-state index contributed by atoms with van der Waals surface area (Å²) < 4.78 is 2.04. The van der Waals surface area contributed by atoms with Crippen LogP contribution in [-0.2, 0) is 11.3 Å². The van der Waals surface area contributed by atoms with Crippen molar-refractivity contribution in [3.05, 3.63) is 54.1 Å². The number of benzene rings is 1. The lowest BCUT2D eigenvalue weighted by atomic mass is 10.1. The topological polar surface area (TPSA) is 46.9 Å². The van der Waals surface area contributed by atoms with E-state index in [1.807, 2.05) is 35.9 Å². The van der Waals surface area contributed by atoms with Crippen molar-refractivity contribution >= 4 is 5.91 Å². The molecule has 1 saturated carbocycles. The summed E-state index contributed by atoms with van der Waals surface area (Å²) in [4.78, 5) is 16.2. The molecular formula is C16H19N3O. The van der Waals surface area contributed by atoms with Crippen molar-refractivity contribution in [1.29, 1.82) is 0 Å². The summed E-state index contributed by atoms with van der Waals surface area (Å²) in [5.41, 5.74) is 1.28. The Hall–Kier alpha value is -2.10. The van der Waals surface area contributed by atoms with Crippen LogP contribution in [0.3, 0.4) is 0 Å². The van der Waals surface area contributed by atoms with Crippen LogP contribution in [0.5, 0.6) is 0 Å². The normalized spacial score (nSPS) is 20.6. The Morgan fingerprint density at radius 3 is 2.90 bits per heavy atom. The first-order valence-corrected chi connectivity index (χ1v) is 7.06. The van der Waals surface area contributed by atoms with Crippen LogP contribution >= 0.6 is 0 Å². The zero-order chi connectivity index (χ0) is 13.9. The Balaban J connectivity index is 1.46. The number of imidazole rings is 1. The number of carbonyl (C=O) groups excluding carboxylic acids is 1. The third-order valence-corrected chi connectivity index (χ3v) is 3.93. The molecule has 1 aromatic heterocycles. The number of amides is 1. The summed E-state index contributed by atoms with van der Waals surface area (Å²) in [6.45, 7) is 3.41. The minimum absolute atomic E-state index is 0.154. The van der Waals surface area contributed by atoms with Crippen LogP contribution in [0, 0.1) is 12.8 Å². The molecule has 0 spiro atoms. The minimum Gasteiger partial charge on any atom is -0.354 e. The summed E-state index contributed by atoms with van der Waals surface area (Å²) in [5, 5.41) is 3.02. The molecule has 0 aliphatic heterocycles. The SMILES string of the molecule is Cc1nccn1CCNC(=O)[C@H]1C[C@@H]1c1ccccc1. The van der Waals surface area contributed by atoms with Gasteiger partial charge in [0.2, 0.25) is 5.91 Å². The number of nitrogens with one attached hydrogen (secondary N) is 1. The lowest BCUT2D eigenvalue weighted by molar-refractivity contribution is -0.122. The van der Waals surface area contributed by atoms with Gasteiger partial charge in [0.25, 0.3) is 0 Å². The first kappa shape index (κ1) is 12.9. The number of aromatic nitrogens is 2. The van der Waals surface area contributed by atoms with Crippen molar-refractivity contribution in [2.24, 2.45) is 5.92 Å². The van der Waals surface area contributed by atoms with Gasteiger partial charge in [0.1, 0.15) is 5.82 Å². The molecule has 1 aliphatic rings. The van der Waals surface area contributed by atoms with Gasteiger partial charge in [-0.2, -0.15) is 0 Å². The Bertz CT molecular complexity index is 591. The van der Waals surface area contributed by atoms with E-state index in [0.29, 0.717) is 12.5 Å². The molecule has 1 fully saturated rings. The molecule has 1 N–H and O–H groups in total. The summed E-state index contributed by atoms with van der Waals surface area (Å²) in [6.07, 6.45) is 4.69. The molecule has 0 bridgehead atoms.